The monoisotopic (exact) mass is 294 g/mol. The number of rotatable bonds is 3. The fraction of sp³-hybridized carbons (Fsp3) is 0.308. The highest BCUT2D eigenvalue weighted by Gasteiger charge is 2.14. The van der Waals surface area contributed by atoms with Crippen LogP contribution in [-0.2, 0) is 6.54 Å². The van der Waals surface area contributed by atoms with Crippen molar-refractivity contribution in [2.45, 2.75) is 26.0 Å². The first kappa shape index (κ1) is 12.3. The number of halogens is 1. The summed E-state index contributed by atoms with van der Waals surface area (Å²) in [5.41, 5.74) is 1.43. The summed E-state index contributed by atoms with van der Waals surface area (Å²) in [7, 11) is 0. The van der Waals surface area contributed by atoms with Crippen LogP contribution < -0.4 is 0 Å². The van der Waals surface area contributed by atoms with E-state index in [1.54, 1.807) is 18.5 Å². The molecule has 17 heavy (non-hydrogen) atoms. The van der Waals surface area contributed by atoms with Crippen LogP contribution in [0.2, 0.25) is 0 Å². The second-order valence-electron chi connectivity index (χ2n) is 4.75. The third kappa shape index (κ3) is 3.41. The Hall–Kier alpha value is -1.13. The minimum Gasteiger partial charge on any atom is -0.389 e. The highest BCUT2D eigenvalue weighted by Crippen LogP contribution is 2.21. The van der Waals surface area contributed by atoms with Gasteiger partial charge in [0.25, 0.3) is 0 Å². The van der Waals surface area contributed by atoms with Crippen LogP contribution in [0.1, 0.15) is 13.8 Å². The first-order valence-electron chi connectivity index (χ1n) is 5.45. The van der Waals surface area contributed by atoms with Crippen molar-refractivity contribution < 1.29 is 5.11 Å². The van der Waals surface area contributed by atoms with Gasteiger partial charge in [0, 0.05) is 16.2 Å². The molecule has 1 heterocycles. The Bertz CT molecular complexity index is 497. The molecule has 0 aliphatic rings. The number of hydrogen-bond acceptors (Lipinski definition) is 2. The molecule has 4 heteroatoms. The predicted molar refractivity (Wildman–Crippen MR) is 71.7 cm³/mol. The van der Waals surface area contributed by atoms with Gasteiger partial charge in [0.2, 0.25) is 0 Å². The van der Waals surface area contributed by atoms with E-state index in [-0.39, 0.29) is 0 Å². The highest BCUT2D eigenvalue weighted by atomic mass is 79.9. The van der Waals surface area contributed by atoms with Gasteiger partial charge in [-0.1, -0.05) is 28.1 Å². The van der Waals surface area contributed by atoms with E-state index in [4.69, 9.17) is 0 Å². The molecule has 0 spiro atoms. The van der Waals surface area contributed by atoms with Crippen molar-refractivity contribution in [1.29, 1.82) is 0 Å². The molecule has 1 aromatic carbocycles. The molecule has 2 rings (SSSR count). The van der Waals surface area contributed by atoms with E-state index in [2.05, 4.69) is 21.0 Å². The second-order valence-corrected chi connectivity index (χ2v) is 5.66. The lowest BCUT2D eigenvalue weighted by atomic mass is 10.1. The molecule has 0 saturated carbocycles. The van der Waals surface area contributed by atoms with Crippen molar-refractivity contribution in [2.75, 3.05) is 0 Å². The summed E-state index contributed by atoms with van der Waals surface area (Å²) in [6.45, 7) is 4.03. The van der Waals surface area contributed by atoms with Crippen LogP contribution in [0, 0.1) is 0 Å². The molecule has 1 N–H and O–H groups in total. The molecule has 0 saturated heterocycles. The van der Waals surface area contributed by atoms with E-state index in [1.165, 1.54) is 0 Å². The minimum atomic E-state index is -0.747. The zero-order valence-corrected chi connectivity index (χ0v) is 11.5. The molecule has 1 aromatic heterocycles. The van der Waals surface area contributed by atoms with Gasteiger partial charge in [-0.2, -0.15) is 5.10 Å². The van der Waals surface area contributed by atoms with Gasteiger partial charge in [-0.3, -0.25) is 4.68 Å². The van der Waals surface area contributed by atoms with Crippen LogP contribution in [-0.4, -0.2) is 20.5 Å². The predicted octanol–water partition coefficient (Wildman–Crippen LogP) is 3.08. The van der Waals surface area contributed by atoms with Crippen molar-refractivity contribution in [3.8, 4) is 11.1 Å². The number of hydrogen-bond donors (Lipinski definition) is 1. The maximum absolute atomic E-state index is 9.72. The first-order valence-corrected chi connectivity index (χ1v) is 6.24. The van der Waals surface area contributed by atoms with E-state index in [9.17, 15) is 5.11 Å². The van der Waals surface area contributed by atoms with Crippen LogP contribution in [0.25, 0.3) is 11.1 Å². The molecule has 0 amide bonds. The zero-order chi connectivity index (χ0) is 12.5. The second kappa shape index (κ2) is 4.63. The molecule has 0 atom stereocenters. The number of aromatic nitrogens is 2. The van der Waals surface area contributed by atoms with Gasteiger partial charge in [0.1, 0.15) is 0 Å². The minimum absolute atomic E-state index is 0.490. The summed E-state index contributed by atoms with van der Waals surface area (Å²) in [6, 6.07) is 8.08. The molecule has 0 bridgehead atoms. The topological polar surface area (TPSA) is 38.0 Å². The Morgan fingerprint density at radius 2 is 1.88 bits per heavy atom. The standard InChI is InChI=1S/C13H15BrN2O/c1-13(2,17)9-16-8-11(7-15-16)10-3-5-12(14)6-4-10/h3-8,17H,9H2,1-2H3. The highest BCUT2D eigenvalue weighted by molar-refractivity contribution is 9.10. The summed E-state index contributed by atoms with van der Waals surface area (Å²) >= 11 is 3.41. The zero-order valence-electron chi connectivity index (χ0n) is 9.89. The number of aliphatic hydroxyl groups is 1. The lowest BCUT2D eigenvalue weighted by molar-refractivity contribution is 0.0577. The Morgan fingerprint density at radius 1 is 1.24 bits per heavy atom. The molecule has 0 fully saturated rings. The molecular formula is C13H15BrN2O. The Balaban J connectivity index is 2.21. The van der Waals surface area contributed by atoms with Gasteiger partial charge in [0.05, 0.1) is 18.3 Å². The summed E-state index contributed by atoms with van der Waals surface area (Å²) in [4.78, 5) is 0. The molecule has 0 radical (unpaired) electrons. The summed E-state index contributed by atoms with van der Waals surface area (Å²) in [5, 5.41) is 14.0. The quantitative estimate of drug-likeness (QED) is 0.945. The van der Waals surface area contributed by atoms with E-state index in [0.29, 0.717) is 6.54 Å². The van der Waals surface area contributed by atoms with Crippen molar-refractivity contribution in [3.05, 3.63) is 41.1 Å². The van der Waals surface area contributed by atoms with E-state index >= 15 is 0 Å². The SMILES string of the molecule is CC(C)(O)Cn1cc(-c2ccc(Br)cc2)cn1. The molecule has 90 valence electrons. The molecule has 0 aliphatic carbocycles. The average molecular weight is 295 g/mol. The number of benzene rings is 1. The fourth-order valence-electron chi connectivity index (χ4n) is 1.64. The van der Waals surface area contributed by atoms with Crippen LogP contribution in [0.4, 0.5) is 0 Å². The van der Waals surface area contributed by atoms with Crippen LogP contribution >= 0.6 is 15.9 Å². The molecule has 0 unspecified atom stereocenters. The van der Waals surface area contributed by atoms with Crippen molar-refractivity contribution in [1.82, 2.24) is 9.78 Å². The average Bonchev–Trinajstić information content (AvgIpc) is 2.64. The van der Waals surface area contributed by atoms with Crippen molar-refractivity contribution >= 4 is 15.9 Å². The third-order valence-electron chi connectivity index (χ3n) is 2.36. The first-order chi connectivity index (χ1) is 7.94. The molecule has 0 aliphatic heterocycles. The van der Waals surface area contributed by atoms with Gasteiger partial charge in [-0.05, 0) is 31.5 Å². The van der Waals surface area contributed by atoms with Gasteiger partial charge >= 0.3 is 0 Å². The summed E-state index contributed by atoms with van der Waals surface area (Å²) in [6.07, 6.45) is 3.76. The molecule has 2 aromatic rings. The number of nitrogens with zero attached hydrogens (tertiary/aromatic N) is 2. The Kier molecular flexibility index (Phi) is 3.35. The van der Waals surface area contributed by atoms with Gasteiger partial charge < -0.3 is 5.11 Å². The molecule has 3 nitrogen and oxygen atoms in total. The summed E-state index contributed by atoms with van der Waals surface area (Å²) in [5.74, 6) is 0. The van der Waals surface area contributed by atoms with E-state index in [0.717, 1.165) is 15.6 Å². The van der Waals surface area contributed by atoms with Crippen molar-refractivity contribution in [2.24, 2.45) is 0 Å². The lowest BCUT2D eigenvalue weighted by Crippen LogP contribution is -2.26. The summed E-state index contributed by atoms with van der Waals surface area (Å²) < 4.78 is 2.82. The van der Waals surface area contributed by atoms with Gasteiger partial charge in [0.15, 0.2) is 0 Å². The smallest absolute Gasteiger partial charge is 0.0786 e. The maximum atomic E-state index is 9.72. The van der Waals surface area contributed by atoms with Gasteiger partial charge in [-0.15, -0.1) is 0 Å². The Labute approximate surface area is 109 Å². The van der Waals surface area contributed by atoms with Crippen LogP contribution in [0.5, 0.6) is 0 Å². The van der Waals surface area contributed by atoms with Crippen LogP contribution in [0.3, 0.4) is 0 Å². The normalized spacial score (nSPS) is 11.8. The maximum Gasteiger partial charge on any atom is 0.0786 e. The van der Waals surface area contributed by atoms with E-state index < -0.39 is 5.60 Å². The third-order valence-corrected chi connectivity index (χ3v) is 2.89. The fourth-order valence-corrected chi connectivity index (χ4v) is 1.90. The lowest BCUT2D eigenvalue weighted by Gasteiger charge is -2.16. The Morgan fingerprint density at radius 3 is 2.47 bits per heavy atom. The van der Waals surface area contributed by atoms with Crippen molar-refractivity contribution in [3.63, 3.8) is 0 Å². The largest absolute Gasteiger partial charge is 0.389 e. The van der Waals surface area contributed by atoms with Gasteiger partial charge in [-0.25, -0.2) is 0 Å². The molecular weight excluding hydrogens is 280 g/mol. The van der Waals surface area contributed by atoms with Crippen LogP contribution in [0.15, 0.2) is 41.1 Å². The van der Waals surface area contributed by atoms with E-state index in [1.807, 2.05) is 36.7 Å².